The molecule has 1 fully saturated rings. The molecule has 0 aliphatic carbocycles. The lowest BCUT2D eigenvalue weighted by Crippen LogP contribution is -2.47. The van der Waals surface area contributed by atoms with Gasteiger partial charge in [0.05, 0.1) is 11.9 Å². The maximum absolute atomic E-state index is 12.4. The fourth-order valence-corrected chi connectivity index (χ4v) is 3.01. The summed E-state index contributed by atoms with van der Waals surface area (Å²) in [6, 6.07) is 5.64. The number of carbonyl (C=O) groups is 1. The number of hydrogen-bond acceptors (Lipinski definition) is 6. The highest BCUT2D eigenvalue weighted by molar-refractivity contribution is 5.92. The van der Waals surface area contributed by atoms with Crippen LogP contribution in [0, 0.1) is 0 Å². The summed E-state index contributed by atoms with van der Waals surface area (Å²) in [5.74, 6) is 0.761. The van der Waals surface area contributed by atoms with Crippen LogP contribution >= 0.6 is 0 Å². The van der Waals surface area contributed by atoms with Gasteiger partial charge >= 0.3 is 0 Å². The summed E-state index contributed by atoms with van der Waals surface area (Å²) in [6.07, 6.45) is 7.42. The van der Waals surface area contributed by atoms with Crippen LogP contribution < -0.4 is 9.80 Å². The zero-order valence-electron chi connectivity index (χ0n) is 15.5. The second kappa shape index (κ2) is 8.60. The van der Waals surface area contributed by atoms with E-state index in [0.29, 0.717) is 5.69 Å². The topological polar surface area (TPSA) is 65.5 Å². The monoisotopic (exact) mass is 354 g/mol. The summed E-state index contributed by atoms with van der Waals surface area (Å²) < 4.78 is 0. The van der Waals surface area contributed by atoms with Crippen molar-refractivity contribution in [2.24, 2.45) is 0 Å². The van der Waals surface area contributed by atoms with Crippen LogP contribution in [0.5, 0.6) is 0 Å². The Morgan fingerprint density at radius 1 is 1.08 bits per heavy atom. The third-order valence-electron chi connectivity index (χ3n) is 4.64. The predicted octanol–water partition coefficient (Wildman–Crippen LogP) is 2.07. The lowest BCUT2D eigenvalue weighted by Gasteiger charge is -2.35. The summed E-state index contributed by atoms with van der Waals surface area (Å²) in [7, 11) is 1.83. The fourth-order valence-electron chi connectivity index (χ4n) is 3.01. The molecule has 7 nitrogen and oxygen atoms in total. The maximum atomic E-state index is 12.4. The molecule has 0 aromatic carbocycles. The van der Waals surface area contributed by atoms with Crippen molar-refractivity contribution < 1.29 is 4.79 Å². The Bertz CT molecular complexity index is 698. The average Bonchev–Trinajstić information content (AvgIpc) is 2.72. The minimum atomic E-state index is -0.0176. The van der Waals surface area contributed by atoms with Crippen LogP contribution in [0.2, 0.25) is 0 Å². The molecule has 0 atom stereocenters. The molecule has 0 spiro atoms. The number of pyridine rings is 1. The number of piperazine rings is 1. The molecular weight excluding hydrogens is 328 g/mol. The Kier molecular flexibility index (Phi) is 5.99. The van der Waals surface area contributed by atoms with Gasteiger partial charge in [0.25, 0.3) is 5.91 Å². The van der Waals surface area contributed by atoms with E-state index in [-0.39, 0.29) is 5.91 Å². The van der Waals surface area contributed by atoms with Crippen molar-refractivity contribution in [1.82, 2.24) is 19.9 Å². The molecule has 1 aliphatic rings. The van der Waals surface area contributed by atoms with Gasteiger partial charge in [0.15, 0.2) is 0 Å². The van der Waals surface area contributed by atoms with E-state index in [2.05, 4.69) is 31.7 Å². The number of hydrogen-bond donors (Lipinski definition) is 0. The quantitative estimate of drug-likeness (QED) is 0.791. The summed E-state index contributed by atoms with van der Waals surface area (Å²) in [4.78, 5) is 31.6. The Labute approximate surface area is 154 Å². The first-order valence-electron chi connectivity index (χ1n) is 9.17. The largest absolute Gasteiger partial charge is 0.367 e. The number of nitrogens with zero attached hydrogens (tertiary/aromatic N) is 6. The minimum Gasteiger partial charge on any atom is -0.367 e. The molecule has 138 valence electrons. The third kappa shape index (κ3) is 4.28. The highest BCUT2D eigenvalue weighted by Crippen LogP contribution is 2.18. The smallest absolute Gasteiger partial charge is 0.272 e. The van der Waals surface area contributed by atoms with Crippen LogP contribution in [0.3, 0.4) is 0 Å². The molecule has 0 saturated carbocycles. The van der Waals surface area contributed by atoms with E-state index in [4.69, 9.17) is 0 Å². The van der Waals surface area contributed by atoms with Gasteiger partial charge < -0.3 is 14.7 Å². The van der Waals surface area contributed by atoms with Gasteiger partial charge in [-0.05, 0) is 24.6 Å². The molecule has 0 N–H and O–H groups in total. The van der Waals surface area contributed by atoms with E-state index >= 15 is 0 Å². The second-order valence-corrected chi connectivity index (χ2v) is 6.50. The molecule has 2 aromatic heterocycles. The molecule has 1 saturated heterocycles. The van der Waals surface area contributed by atoms with E-state index in [1.54, 1.807) is 23.5 Å². The summed E-state index contributed by atoms with van der Waals surface area (Å²) in [5.41, 5.74) is 1.55. The van der Waals surface area contributed by atoms with E-state index in [1.807, 2.05) is 25.2 Å². The summed E-state index contributed by atoms with van der Waals surface area (Å²) in [5, 5.41) is 0. The van der Waals surface area contributed by atoms with E-state index in [0.717, 1.165) is 57.2 Å². The third-order valence-corrected chi connectivity index (χ3v) is 4.64. The summed E-state index contributed by atoms with van der Waals surface area (Å²) >= 11 is 0. The second-order valence-electron chi connectivity index (χ2n) is 6.50. The van der Waals surface area contributed by atoms with Gasteiger partial charge in [-0.1, -0.05) is 13.3 Å². The Hall–Kier alpha value is -2.70. The minimum absolute atomic E-state index is 0.0176. The Morgan fingerprint density at radius 3 is 2.38 bits per heavy atom. The highest BCUT2D eigenvalue weighted by atomic mass is 16.2. The number of amides is 1. The van der Waals surface area contributed by atoms with Gasteiger partial charge in [-0.15, -0.1) is 0 Å². The van der Waals surface area contributed by atoms with Gasteiger partial charge in [-0.3, -0.25) is 4.79 Å². The predicted molar refractivity (Wildman–Crippen MR) is 103 cm³/mol. The van der Waals surface area contributed by atoms with Crippen molar-refractivity contribution in [3.63, 3.8) is 0 Å². The van der Waals surface area contributed by atoms with E-state index in [1.165, 1.54) is 0 Å². The first kappa shape index (κ1) is 18.1. The number of rotatable bonds is 6. The van der Waals surface area contributed by atoms with Crippen LogP contribution in [0.15, 0.2) is 36.8 Å². The molecule has 26 heavy (non-hydrogen) atoms. The van der Waals surface area contributed by atoms with Crippen molar-refractivity contribution in [2.75, 3.05) is 49.6 Å². The van der Waals surface area contributed by atoms with Gasteiger partial charge in [0.2, 0.25) is 5.95 Å². The van der Waals surface area contributed by atoms with Crippen LogP contribution in [0.25, 0.3) is 0 Å². The average molecular weight is 354 g/mol. The number of anilines is 2. The normalized spacial score (nSPS) is 14.4. The molecule has 0 bridgehead atoms. The molecule has 0 unspecified atom stereocenters. The lowest BCUT2D eigenvalue weighted by molar-refractivity contribution is 0.0787. The molecule has 3 rings (SSSR count). The number of unbranched alkanes of at least 4 members (excludes halogenated alkanes) is 1. The van der Waals surface area contributed by atoms with Crippen molar-refractivity contribution in [3.8, 4) is 0 Å². The highest BCUT2D eigenvalue weighted by Gasteiger charge is 2.20. The van der Waals surface area contributed by atoms with Crippen molar-refractivity contribution >= 4 is 17.5 Å². The van der Waals surface area contributed by atoms with Crippen LogP contribution in [-0.4, -0.2) is 65.5 Å². The first-order valence-corrected chi connectivity index (χ1v) is 9.17. The molecule has 2 aromatic rings. The standard InChI is InChI=1S/C19H26N6O/c1-3-4-10-23(2)18(26)17-7-6-16(15-22-17)24-11-13-25(14-12-24)19-20-8-5-9-21-19/h5-9,15H,3-4,10-14H2,1-2H3. The number of carbonyl (C=O) groups excluding carboxylic acids is 1. The van der Waals surface area contributed by atoms with Crippen molar-refractivity contribution in [2.45, 2.75) is 19.8 Å². The SMILES string of the molecule is CCCCN(C)C(=O)c1ccc(N2CCN(c3ncccn3)CC2)cn1. The zero-order chi connectivity index (χ0) is 18.4. The molecule has 1 amide bonds. The molecule has 7 heteroatoms. The fraction of sp³-hybridized carbons (Fsp3) is 0.474. The van der Waals surface area contributed by atoms with Crippen LogP contribution in [0.1, 0.15) is 30.3 Å². The van der Waals surface area contributed by atoms with Gasteiger partial charge in [-0.25, -0.2) is 15.0 Å². The Morgan fingerprint density at radius 2 is 1.77 bits per heavy atom. The van der Waals surface area contributed by atoms with E-state index < -0.39 is 0 Å². The lowest BCUT2D eigenvalue weighted by atomic mass is 10.2. The van der Waals surface area contributed by atoms with Crippen molar-refractivity contribution in [3.05, 3.63) is 42.5 Å². The maximum Gasteiger partial charge on any atom is 0.272 e. The van der Waals surface area contributed by atoms with Gasteiger partial charge in [0, 0.05) is 52.2 Å². The van der Waals surface area contributed by atoms with Crippen LogP contribution in [0.4, 0.5) is 11.6 Å². The van der Waals surface area contributed by atoms with Crippen LogP contribution in [-0.2, 0) is 0 Å². The Balaban J connectivity index is 1.57. The molecule has 0 radical (unpaired) electrons. The molecule has 3 heterocycles. The summed E-state index contributed by atoms with van der Waals surface area (Å²) in [6.45, 7) is 6.37. The first-order chi connectivity index (χ1) is 12.7. The number of aromatic nitrogens is 3. The van der Waals surface area contributed by atoms with Gasteiger partial charge in [-0.2, -0.15) is 0 Å². The molecule has 1 aliphatic heterocycles. The van der Waals surface area contributed by atoms with Gasteiger partial charge in [0.1, 0.15) is 5.69 Å². The van der Waals surface area contributed by atoms with E-state index in [9.17, 15) is 4.79 Å². The zero-order valence-corrected chi connectivity index (χ0v) is 15.5. The van der Waals surface area contributed by atoms with Crippen molar-refractivity contribution in [1.29, 1.82) is 0 Å². The molecular formula is C19H26N6O.